The molecule has 1 aliphatic carbocycles. The van der Waals surface area contributed by atoms with Gasteiger partial charge in [0.15, 0.2) is 5.13 Å². The molecule has 3 aromatic rings. The Morgan fingerprint density at radius 2 is 1.97 bits per heavy atom. The van der Waals surface area contributed by atoms with E-state index in [1.807, 2.05) is 11.3 Å². The molecule has 2 aromatic heterocycles. The molecule has 1 saturated heterocycles. The molecule has 0 spiro atoms. The number of hydrogen-bond acceptors (Lipinski definition) is 6. The summed E-state index contributed by atoms with van der Waals surface area (Å²) in [5.74, 6) is 1.12. The Kier molecular flexibility index (Phi) is 5.95. The Hall–Kier alpha value is -2.06. The van der Waals surface area contributed by atoms with Crippen LogP contribution in [0.3, 0.4) is 0 Å². The van der Waals surface area contributed by atoms with Crippen LogP contribution in [0.1, 0.15) is 69.8 Å². The number of anilines is 1. The van der Waals surface area contributed by atoms with Gasteiger partial charge < -0.3 is 9.80 Å². The maximum absolute atomic E-state index is 4.87. The summed E-state index contributed by atoms with van der Waals surface area (Å²) < 4.78 is 3.46. The third-order valence-corrected chi connectivity index (χ3v) is 7.90. The van der Waals surface area contributed by atoms with E-state index in [-0.39, 0.29) is 0 Å². The first kappa shape index (κ1) is 19.9. The van der Waals surface area contributed by atoms with Crippen LogP contribution in [0.5, 0.6) is 0 Å². The molecule has 160 valence electrons. The molecule has 1 saturated carbocycles. The lowest BCUT2D eigenvalue weighted by Crippen LogP contribution is -3.15. The summed E-state index contributed by atoms with van der Waals surface area (Å²) >= 11 is 1.81. The molecule has 5 rings (SSSR count). The summed E-state index contributed by atoms with van der Waals surface area (Å²) in [5, 5.41) is 14.3. The lowest BCUT2D eigenvalue weighted by molar-refractivity contribution is -0.933. The number of hydrogen-bond donors (Lipinski definition) is 1. The van der Waals surface area contributed by atoms with Crippen molar-refractivity contribution >= 4 is 26.7 Å². The number of unbranched alkanes of at least 4 members (excludes halogenated alkanes) is 1. The number of para-hydroxylation sites is 1. The number of tetrazole rings is 1. The van der Waals surface area contributed by atoms with Crippen LogP contribution < -0.4 is 9.80 Å². The summed E-state index contributed by atoms with van der Waals surface area (Å²) in [5.41, 5.74) is 1.11. The van der Waals surface area contributed by atoms with Crippen molar-refractivity contribution in [2.45, 2.75) is 64.0 Å². The second-order valence-corrected chi connectivity index (χ2v) is 9.73. The third kappa shape index (κ3) is 3.95. The van der Waals surface area contributed by atoms with E-state index in [1.54, 1.807) is 4.90 Å². The minimum atomic E-state index is 0.401. The van der Waals surface area contributed by atoms with Crippen molar-refractivity contribution in [3.05, 3.63) is 30.1 Å². The number of rotatable bonds is 7. The predicted octanol–water partition coefficient (Wildman–Crippen LogP) is 3.03. The molecule has 2 aliphatic rings. The van der Waals surface area contributed by atoms with Gasteiger partial charge in [-0.3, -0.25) is 0 Å². The highest BCUT2D eigenvalue weighted by atomic mass is 32.1. The number of thiazole rings is 1. The molecule has 8 heteroatoms. The second kappa shape index (κ2) is 8.98. The van der Waals surface area contributed by atoms with Crippen LogP contribution in [0.4, 0.5) is 5.13 Å². The molecule has 2 fully saturated rings. The van der Waals surface area contributed by atoms with E-state index < -0.39 is 0 Å². The summed E-state index contributed by atoms with van der Waals surface area (Å²) in [6.45, 7) is 6.59. The smallest absolute Gasteiger partial charge is 0.209 e. The van der Waals surface area contributed by atoms with Crippen LogP contribution in [0, 0.1) is 0 Å². The minimum Gasteiger partial charge on any atom is -0.337 e. The second-order valence-electron chi connectivity index (χ2n) is 8.72. The van der Waals surface area contributed by atoms with Crippen LogP contribution in [0.15, 0.2) is 24.3 Å². The lowest BCUT2D eigenvalue weighted by Gasteiger charge is -2.36. The topological polar surface area (TPSA) is 64.2 Å². The highest BCUT2D eigenvalue weighted by molar-refractivity contribution is 7.22. The first-order valence-corrected chi connectivity index (χ1v) is 12.4. The molecular formula is C22H32N7S+. The van der Waals surface area contributed by atoms with Crippen LogP contribution in [0.25, 0.3) is 10.2 Å². The van der Waals surface area contributed by atoms with Crippen LogP contribution in [-0.2, 0) is 0 Å². The van der Waals surface area contributed by atoms with Gasteiger partial charge in [0.1, 0.15) is 6.04 Å². The Labute approximate surface area is 182 Å². The number of quaternary nitrogens is 1. The summed E-state index contributed by atoms with van der Waals surface area (Å²) in [6, 6.07) is 9.35. The SMILES string of the molecule is CCCC[C@H](c1nnnn1C1CCCC1)[NH+]1CCN(c2nc3ccccc3s2)CC1. The number of benzene rings is 1. The first-order valence-electron chi connectivity index (χ1n) is 11.6. The van der Waals surface area contributed by atoms with E-state index in [1.165, 1.54) is 49.6 Å². The summed E-state index contributed by atoms with van der Waals surface area (Å²) in [6.07, 6.45) is 8.66. The van der Waals surface area contributed by atoms with Gasteiger partial charge in [-0.2, -0.15) is 0 Å². The third-order valence-electron chi connectivity index (χ3n) is 6.80. The van der Waals surface area contributed by atoms with E-state index >= 15 is 0 Å². The molecule has 1 aromatic carbocycles. The molecule has 3 heterocycles. The van der Waals surface area contributed by atoms with E-state index in [0.29, 0.717) is 12.1 Å². The monoisotopic (exact) mass is 426 g/mol. The van der Waals surface area contributed by atoms with Gasteiger partial charge in [-0.05, 0) is 41.8 Å². The Morgan fingerprint density at radius 3 is 2.73 bits per heavy atom. The highest BCUT2D eigenvalue weighted by Gasteiger charge is 2.34. The zero-order valence-corrected chi connectivity index (χ0v) is 18.7. The molecule has 30 heavy (non-hydrogen) atoms. The molecular weight excluding hydrogens is 394 g/mol. The predicted molar refractivity (Wildman–Crippen MR) is 120 cm³/mol. The average Bonchev–Trinajstić information content (AvgIpc) is 3.54. The maximum atomic E-state index is 4.87. The lowest BCUT2D eigenvalue weighted by atomic mass is 10.1. The van der Waals surface area contributed by atoms with Gasteiger partial charge in [-0.15, -0.1) is 5.10 Å². The van der Waals surface area contributed by atoms with Crippen molar-refractivity contribution in [2.24, 2.45) is 0 Å². The van der Waals surface area contributed by atoms with Crippen molar-refractivity contribution in [3.8, 4) is 0 Å². The highest BCUT2D eigenvalue weighted by Crippen LogP contribution is 2.31. The number of aromatic nitrogens is 5. The van der Waals surface area contributed by atoms with Gasteiger partial charge in [0.05, 0.1) is 42.4 Å². The molecule has 0 bridgehead atoms. The molecule has 0 amide bonds. The van der Waals surface area contributed by atoms with Crippen molar-refractivity contribution in [1.29, 1.82) is 0 Å². The molecule has 1 atom stereocenters. The van der Waals surface area contributed by atoms with Gasteiger partial charge >= 0.3 is 0 Å². The summed E-state index contributed by atoms with van der Waals surface area (Å²) in [4.78, 5) is 8.97. The molecule has 0 unspecified atom stereocenters. The van der Waals surface area contributed by atoms with Crippen molar-refractivity contribution in [1.82, 2.24) is 25.2 Å². The fraction of sp³-hybridized carbons (Fsp3) is 0.636. The fourth-order valence-corrected chi connectivity index (χ4v) is 6.11. The molecule has 0 radical (unpaired) electrons. The summed E-state index contributed by atoms with van der Waals surface area (Å²) in [7, 11) is 0. The van der Waals surface area contributed by atoms with Crippen molar-refractivity contribution in [3.63, 3.8) is 0 Å². The molecule has 1 N–H and O–H groups in total. The maximum Gasteiger partial charge on any atom is 0.209 e. The van der Waals surface area contributed by atoms with Crippen molar-refractivity contribution in [2.75, 3.05) is 31.1 Å². The van der Waals surface area contributed by atoms with Gasteiger partial charge in [0.2, 0.25) is 5.82 Å². The Bertz CT molecular complexity index is 920. The molecule has 1 aliphatic heterocycles. The normalized spacial score (nSPS) is 19.7. The first-order chi connectivity index (χ1) is 14.8. The Morgan fingerprint density at radius 1 is 1.17 bits per heavy atom. The van der Waals surface area contributed by atoms with E-state index in [9.17, 15) is 0 Å². The van der Waals surface area contributed by atoms with E-state index in [4.69, 9.17) is 4.98 Å². The van der Waals surface area contributed by atoms with Gasteiger partial charge in [-0.25, -0.2) is 9.67 Å². The largest absolute Gasteiger partial charge is 0.337 e. The Balaban J connectivity index is 1.31. The zero-order valence-electron chi connectivity index (χ0n) is 17.8. The average molecular weight is 427 g/mol. The van der Waals surface area contributed by atoms with Crippen molar-refractivity contribution < 1.29 is 4.90 Å². The van der Waals surface area contributed by atoms with E-state index in [0.717, 1.165) is 42.7 Å². The van der Waals surface area contributed by atoms with Gasteiger partial charge in [-0.1, -0.05) is 49.7 Å². The zero-order chi connectivity index (χ0) is 20.3. The number of nitrogens with zero attached hydrogens (tertiary/aromatic N) is 6. The van der Waals surface area contributed by atoms with Crippen LogP contribution in [-0.4, -0.2) is 51.4 Å². The van der Waals surface area contributed by atoms with E-state index in [2.05, 4.69) is 56.3 Å². The fourth-order valence-electron chi connectivity index (χ4n) is 5.09. The minimum absolute atomic E-state index is 0.401. The van der Waals surface area contributed by atoms with Gasteiger partial charge in [0, 0.05) is 6.42 Å². The van der Waals surface area contributed by atoms with Crippen LogP contribution in [0.2, 0.25) is 0 Å². The number of piperazine rings is 1. The number of nitrogens with one attached hydrogen (secondary N) is 1. The van der Waals surface area contributed by atoms with Crippen LogP contribution >= 0.6 is 11.3 Å². The molecule has 7 nitrogen and oxygen atoms in total. The standard InChI is InChI=1S/C22H31N7S/c1-2-3-11-19(21-24-25-26-29(21)17-8-4-5-9-17)27-13-15-28(16-14-27)22-23-18-10-6-7-12-20(18)30-22/h6-7,10,12,17,19H,2-5,8-9,11,13-16H2,1H3/p+1/t19-/m1/s1. The number of fused-ring (bicyclic) bond motifs is 1. The van der Waals surface area contributed by atoms with Gasteiger partial charge in [0.25, 0.3) is 0 Å². The quantitative estimate of drug-likeness (QED) is 0.629.